The molecule has 2 N–H and O–H groups in total. The predicted molar refractivity (Wildman–Crippen MR) is 77.2 cm³/mol. The van der Waals surface area contributed by atoms with Crippen LogP contribution in [0, 0.1) is 13.8 Å². The number of hydrogen-bond acceptors (Lipinski definition) is 3. The topological polar surface area (TPSA) is 40.7 Å². The van der Waals surface area contributed by atoms with Gasteiger partial charge in [-0.1, -0.05) is 0 Å². The van der Waals surface area contributed by atoms with Crippen LogP contribution in [0.1, 0.15) is 15.3 Å². The lowest BCUT2D eigenvalue weighted by Crippen LogP contribution is -1.99. The van der Waals surface area contributed by atoms with Gasteiger partial charge in [0.15, 0.2) is 0 Å². The highest BCUT2D eigenvalue weighted by molar-refractivity contribution is 7.11. The Hall–Kier alpha value is -1.81. The highest BCUT2D eigenvalue weighted by atomic mass is 32.1. The fourth-order valence-electron chi connectivity index (χ4n) is 2.05. The minimum absolute atomic E-state index is 0.878. The SMILES string of the molecule is Cc1ccc(CNc2cc3cn[nH]c3cc2C)s1. The molecule has 3 aromatic rings. The van der Waals surface area contributed by atoms with Crippen LogP contribution >= 0.6 is 11.3 Å². The van der Waals surface area contributed by atoms with Crippen LogP contribution < -0.4 is 5.32 Å². The second-order valence-electron chi connectivity index (χ2n) is 4.49. The number of aryl methyl sites for hydroxylation is 2. The molecule has 2 aromatic heterocycles. The number of nitrogens with zero attached hydrogens (tertiary/aromatic N) is 1. The smallest absolute Gasteiger partial charge is 0.0654 e. The Bertz CT molecular complexity index is 681. The standard InChI is InChI=1S/C14H15N3S/c1-9-5-14-11(7-16-17-14)6-13(9)15-8-12-4-3-10(2)18-12/h3-7,15H,8H2,1-2H3,(H,16,17). The number of rotatable bonds is 3. The fourth-order valence-corrected chi connectivity index (χ4v) is 2.88. The van der Waals surface area contributed by atoms with E-state index in [1.165, 1.54) is 21.0 Å². The first-order valence-electron chi connectivity index (χ1n) is 5.95. The van der Waals surface area contributed by atoms with Gasteiger partial charge in [0.05, 0.1) is 11.7 Å². The summed E-state index contributed by atoms with van der Waals surface area (Å²) in [6.07, 6.45) is 1.86. The van der Waals surface area contributed by atoms with Crippen molar-refractivity contribution in [3.63, 3.8) is 0 Å². The van der Waals surface area contributed by atoms with Gasteiger partial charge in [0.2, 0.25) is 0 Å². The van der Waals surface area contributed by atoms with Crippen LogP contribution in [0.2, 0.25) is 0 Å². The van der Waals surface area contributed by atoms with Crippen molar-refractivity contribution in [2.24, 2.45) is 0 Å². The van der Waals surface area contributed by atoms with Crippen molar-refractivity contribution < 1.29 is 0 Å². The second kappa shape index (κ2) is 4.46. The summed E-state index contributed by atoms with van der Waals surface area (Å²) in [7, 11) is 0. The summed E-state index contributed by atoms with van der Waals surface area (Å²) in [5, 5.41) is 11.7. The van der Waals surface area contributed by atoms with E-state index in [1.54, 1.807) is 0 Å². The van der Waals surface area contributed by atoms with Gasteiger partial charge in [0, 0.05) is 27.4 Å². The largest absolute Gasteiger partial charge is 0.380 e. The van der Waals surface area contributed by atoms with Gasteiger partial charge in [-0.2, -0.15) is 5.10 Å². The molecule has 3 rings (SSSR count). The molecule has 18 heavy (non-hydrogen) atoms. The normalized spacial score (nSPS) is 11.0. The zero-order valence-corrected chi connectivity index (χ0v) is 11.3. The summed E-state index contributed by atoms with van der Waals surface area (Å²) in [6, 6.07) is 8.62. The van der Waals surface area contributed by atoms with Crippen LogP contribution in [0.3, 0.4) is 0 Å². The van der Waals surface area contributed by atoms with E-state index in [2.05, 4.69) is 53.6 Å². The molecule has 0 amide bonds. The van der Waals surface area contributed by atoms with Crippen molar-refractivity contribution in [3.05, 3.63) is 45.8 Å². The molecule has 0 aliphatic heterocycles. The number of benzene rings is 1. The molecule has 0 saturated carbocycles. The van der Waals surface area contributed by atoms with Gasteiger partial charge in [0.25, 0.3) is 0 Å². The molecule has 0 spiro atoms. The molecule has 0 radical (unpaired) electrons. The van der Waals surface area contributed by atoms with Crippen LogP contribution in [0.15, 0.2) is 30.5 Å². The lowest BCUT2D eigenvalue weighted by atomic mass is 10.1. The van der Waals surface area contributed by atoms with Gasteiger partial charge in [-0.15, -0.1) is 11.3 Å². The van der Waals surface area contributed by atoms with Crippen LogP contribution in [0.5, 0.6) is 0 Å². The molecule has 3 nitrogen and oxygen atoms in total. The molecular weight excluding hydrogens is 242 g/mol. The Morgan fingerprint density at radius 1 is 1.28 bits per heavy atom. The summed E-state index contributed by atoms with van der Waals surface area (Å²) >= 11 is 1.84. The minimum atomic E-state index is 0.878. The van der Waals surface area contributed by atoms with Gasteiger partial charge < -0.3 is 5.32 Å². The summed E-state index contributed by atoms with van der Waals surface area (Å²) in [5.41, 5.74) is 3.50. The van der Waals surface area contributed by atoms with Gasteiger partial charge in [-0.3, -0.25) is 5.10 Å². The number of anilines is 1. The predicted octanol–water partition coefficient (Wildman–Crippen LogP) is 3.85. The molecular formula is C14H15N3S. The second-order valence-corrected chi connectivity index (χ2v) is 5.86. The third-order valence-electron chi connectivity index (χ3n) is 3.03. The molecule has 0 saturated heterocycles. The number of hydrogen-bond donors (Lipinski definition) is 2. The molecule has 0 fully saturated rings. The van der Waals surface area contributed by atoms with E-state index >= 15 is 0 Å². The zero-order valence-electron chi connectivity index (χ0n) is 10.4. The van der Waals surface area contributed by atoms with E-state index in [-0.39, 0.29) is 0 Å². The number of fused-ring (bicyclic) bond motifs is 1. The number of thiophene rings is 1. The van der Waals surface area contributed by atoms with E-state index in [4.69, 9.17) is 0 Å². The average Bonchev–Trinajstić information content (AvgIpc) is 2.94. The van der Waals surface area contributed by atoms with Crippen LogP contribution in [-0.4, -0.2) is 10.2 Å². The molecule has 1 aromatic carbocycles. The Morgan fingerprint density at radius 2 is 2.17 bits per heavy atom. The number of aromatic amines is 1. The van der Waals surface area contributed by atoms with E-state index in [0.717, 1.165) is 17.4 Å². The van der Waals surface area contributed by atoms with Crippen LogP contribution in [0.4, 0.5) is 5.69 Å². The van der Waals surface area contributed by atoms with E-state index < -0.39 is 0 Å². The van der Waals surface area contributed by atoms with Crippen molar-refractivity contribution in [2.45, 2.75) is 20.4 Å². The monoisotopic (exact) mass is 257 g/mol. The first-order chi connectivity index (χ1) is 8.72. The van der Waals surface area contributed by atoms with Crippen molar-refractivity contribution in [1.82, 2.24) is 10.2 Å². The van der Waals surface area contributed by atoms with Crippen molar-refractivity contribution in [3.8, 4) is 0 Å². The Kier molecular flexibility index (Phi) is 2.80. The number of nitrogens with one attached hydrogen (secondary N) is 2. The Morgan fingerprint density at radius 3 is 2.94 bits per heavy atom. The molecule has 4 heteroatoms. The highest BCUT2D eigenvalue weighted by Crippen LogP contribution is 2.23. The van der Waals surface area contributed by atoms with Gasteiger partial charge in [-0.05, 0) is 43.7 Å². The summed E-state index contributed by atoms with van der Waals surface area (Å²) < 4.78 is 0. The minimum Gasteiger partial charge on any atom is -0.380 e. The molecule has 0 bridgehead atoms. The third kappa shape index (κ3) is 2.11. The van der Waals surface area contributed by atoms with Gasteiger partial charge in [-0.25, -0.2) is 0 Å². The van der Waals surface area contributed by atoms with Crippen LogP contribution in [0.25, 0.3) is 10.9 Å². The van der Waals surface area contributed by atoms with Crippen molar-refractivity contribution in [1.29, 1.82) is 0 Å². The molecule has 0 aliphatic carbocycles. The van der Waals surface area contributed by atoms with Crippen LogP contribution in [-0.2, 0) is 6.54 Å². The van der Waals surface area contributed by atoms with Crippen molar-refractivity contribution >= 4 is 27.9 Å². The Labute approximate surface area is 110 Å². The summed E-state index contributed by atoms with van der Waals surface area (Å²) in [6.45, 7) is 5.13. The molecule has 0 unspecified atom stereocenters. The first-order valence-corrected chi connectivity index (χ1v) is 6.77. The lowest BCUT2D eigenvalue weighted by molar-refractivity contribution is 1.12. The summed E-state index contributed by atoms with van der Waals surface area (Å²) in [4.78, 5) is 2.72. The van der Waals surface area contributed by atoms with E-state index in [1.807, 2.05) is 17.5 Å². The van der Waals surface area contributed by atoms with Gasteiger partial charge >= 0.3 is 0 Å². The number of H-pyrrole nitrogens is 1. The summed E-state index contributed by atoms with van der Waals surface area (Å²) in [5.74, 6) is 0. The average molecular weight is 257 g/mol. The van der Waals surface area contributed by atoms with Gasteiger partial charge in [0.1, 0.15) is 0 Å². The maximum absolute atomic E-state index is 4.05. The van der Waals surface area contributed by atoms with Crippen molar-refractivity contribution in [2.75, 3.05) is 5.32 Å². The first kappa shape index (κ1) is 11.3. The maximum Gasteiger partial charge on any atom is 0.0654 e. The lowest BCUT2D eigenvalue weighted by Gasteiger charge is -2.08. The Balaban J connectivity index is 1.83. The third-order valence-corrected chi connectivity index (χ3v) is 4.03. The molecule has 0 atom stereocenters. The molecule has 0 aliphatic rings. The molecule has 2 heterocycles. The fraction of sp³-hybridized carbons (Fsp3) is 0.214. The quantitative estimate of drug-likeness (QED) is 0.748. The molecule has 92 valence electrons. The number of aromatic nitrogens is 2. The highest BCUT2D eigenvalue weighted by Gasteiger charge is 2.03. The van der Waals surface area contributed by atoms with E-state index in [0.29, 0.717) is 0 Å². The van der Waals surface area contributed by atoms with E-state index in [9.17, 15) is 0 Å². The zero-order chi connectivity index (χ0) is 12.5. The maximum atomic E-state index is 4.05.